The predicted octanol–water partition coefficient (Wildman–Crippen LogP) is 0.774. The van der Waals surface area contributed by atoms with Crippen LogP contribution in [0.25, 0.3) is 0 Å². The molecular formula is C14H23N3O3S. The molecule has 0 aromatic heterocycles. The Morgan fingerprint density at radius 3 is 2.81 bits per heavy atom. The Kier molecular flexibility index (Phi) is 5.58. The fourth-order valence-electron chi connectivity index (χ4n) is 2.38. The number of ether oxygens (including phenoxy) is 1. The summed E-state index contributed by atoms with van der Waals surface area (Å²) in [7, 11) is -1.83. The Balaban J connectivity index is 2.21. The highest BCUT2D eigenvalue weighted by Gasteiger charge is 2.28. The number of sulfonamides is 1. The molecule has 1 fully saturated rings. The first kappa shape index (κ1) is 16.2. The number of benzene rings is 1. The quantitative estimate of drug-likeness (QED) is 0.693. The van der Waals surface area contributed by atoms with Crippen LogP contribution in [0.2, 0.25) is 0 Å². The minimum absolute atomic E-state index is 0.0318. The zero-order valence-corrected chi connectivity index (χ0v) is 13.2. The molecule has 1 saturated heterocycles. The highest BCUT2D eigenvalue weighted by Crippen LogP contribution is 2.23. The van der Waals surface area contributed by atoms with E-state index in [9.17, 15) is 8.42 Å². The fourth-order valence-corrected chi connectivity index (χ4v) is 3.68. The number of anilines is 1. The summed E-state index contributed by atoms with van der Waals surface area (Å²) in [6.07, 6.45) is 0.789. The first-order chi connectivity index (χ1) is 10.1. The standard InChI is InChI=1S/C14H23N3O3S/c1-3-8-16-21(18,19)14-7-5-4-6-11(14)17-12-9-15-10-13(12)20-2/h4-7,12-13,15-17H,3,8-10H2,1-2H3/t12?,13-/m0/s1. The van der Waals surface area contributed by atoms with Crippen molar-refractivity contribution in [3.63, 3.8) is 0 Å². The Morgan fingerprint density at radius 1 is 1.33 bits per heavy atom. The molecule has 0 radical (unpaired) electrons. The van der Waals surface area contributed by atoms with Crippen molar-refractivity contribution in [3.05, 3.63) is 24.3 Å². The van der Waals surface area contributed by atoms with Gasteiger partial charge in [-0.05, 0) is 18.6 Å². The maximum atomic E-state index is 12.3. The van der Waals surface area contributed by atoms with Gasteiger partial charge in [0.15, 0.2) is 0 Å². The van der Waals surface area contributed by atoms with Crippen molar-refractivity contribution < 1.29 is 13.2 Å². The summed E-state index contributed by atoms with van der Waals surface area (Å²) < 4.78 is 32.7. The lowest BCUT2D eigenvalue weighted by molar-refractivity contribution is 0.111. The molecule has 0 spiro atoms. The lowest BCUT2D eigenvalue weighted by Gasteiger charge is -2.21. The van der Waals surface area contributed by atoms with Crippen LogP contribution in [0.4, 0.5) is 5.69 Å². The molecule has 6 nitrogen and oxygen atoms in total. The van der Waals surface area contributed by atoms with Crippen molar-refractivity contribution >= 4 is 15.7 Å². The second-order valence-electron chi connectivity index (χ2n) is 5.08. The van der Waals surface area contributed by atoms with E-state index in [0.717, 1.165) is 19.5 Å². The summed E-state index contributed by atoms with van der Waals surface area (Å²) in [5.74, 6) is 0. The molecular weight excluding hydrogens is 290 g/mol. The molecule has 1 unspecified atom stereocenters. The molecule has 0 bridgehead atoms. The summed E-state index contributed by atoms with van der Waals surface area (Å²) in [5.41, 5.74) is 0.608. The lowest BCUT2D eigenvalue weighted by Crippen LogP contribution is -2.34. The third-order valence-electron chi connectivity index (χ3n) is 3.52. The van der Waals surface area contributed by atoms with E-state index in [1.807, 2.05) is 13.0 Å². The third kappa shape index (κ3) is 3.94. The van der Waals surface area contributed by atoms with E-state index >= 15 is 0 Å². The van der Waals surface area contributed by atoms with Crippen LogP contribution in [0.5, 0.6) is 0 Å². The molecule has 1 aliphatic rings. The van der Waals surface area contributed by atoms with Crippen molar-refractivity contribution in [1.29, 1.82) is 0 Å². The molecule has 21 heavy (non-hydrogen) atoms. The van der Waals surface area contributed by atoms with Gasteiger partial charge in [0.25, 0.3) is 0 Å². The van der Waals surface area contributed by atoms with Crippen molar-refractivity contribution in [3.8, 4) is 0 Å². The molecule has 0 aliphatic carbocycles. The van der Waals surface area contributed by atoms with E-state index in [4.69, 9.17) is 4.74 Å². The summed E-state index contributed by atoms with van der Waals surface area (Å²) >= 11 is 0. The Bertz CT molecular complexity index is 562. The van der Waals surface area contributed by atoms with Gasteiger partial charge < -0.3 is 15.4 Å². The maximum Gasteiger partial charge on any atom is 0.242 e. The van der Waals surface area contributed by atoms with Crippen molar-refractivity contribution in [2.75, 3.05) is 32.1 Å². The zero-order valence-electron chi connectivity index (χ0n) is 12.4. The van der Waals surface area contributed by atoms with Crippen LogP contribution in [0.1, 0.15) is 13.3 Å². The fraction of sp³-hybridized carbons (Fsp3) is 0.571. The van der Waals surface area contributed by atoms with Crippen LogP contribution in [-0.4, -0.2) is 47.3 Å². The zero-order chi connectivity index (χ0) is 15.3. The average molecular weight is 313 g/mol. The van der Waals surface area contributed by atoms with E-state index in [0.29, 0.717) is 12.2 Å². The number of para-hydroxylation sites is 1. The van der Waals surface area contributed by atoms with Gasteiger partial charge in [-0.25, -0.2) is 13.1 Å². The molecule has 1 aromatic carbocycles. The van der Waals surface area contributed by atoms with Gasteiger partial charge in [0.1, 0.15) is 4.90 Å². The number of hydrogen-bond donors (Lipinski definition) is 3. The monoisotopic (exact) mass is 313 g/mol. The molecule has 0 saturated carbocycles. The number of methoxy groups -OCH3 is 1. The van der Waals surface area contributed by atoms with Crippen molar-refractivity contribution in [2.24, 2.45) is 0 Å². The van der Waals surface area contributed by atoms with Crippen LogP contribution in [-0.2, 0) is 14.8 Å². The molecule has 7 heteroatoms. The molecule has 3 N–H and O–H groups in total. The van der Waals surface area contributed by atoms with Gasteiger partial charge in [-0.2, -0.15) is 0 Å². The number of rotatable bonds is 7. The molecule has 1 aromatic rings. The second kappa shape index (κ2) is 7.22. The normalized spacial score (nSPS) is 22.4. The van der Waals surface area contributed by atoms with Crippen LogP contribution in [0, 0.1) is 0 Å². The Labute approximate surface area is 126 Å². The van der Waals surface area contributed by atoms with Gasteiger partial charge in [-0.3, -0.25) is 0 Å². The predicted molar refractivity (Wildman–Crippen MR) is 83.0 cm³/mol. The van der Waals surface area contributed by atoms with E-state index in [1.165, 1.54) is 0 Å². The van der Waals surface area contributed by atoms with Crippen LogP contribution >= 0.6 is 0 Å². The summed E-state index contributed by atoms with van der Waals surface area (Å²) in [6, 6.07) is 7.01. The van der Waals surface area contributed by atoms with E-state index < -0.39 is 10.0 Å². The van der Waals surface area contributed by atoms with Crippen LogP contribution in [0.3, 0.4) is 0 Å². The van der Waals surface area contributed by atoms with Gasteiger partial charge in [-0.1, -0.05) is 19.1 Å². The molecule has 118 valence electrons. The van der Waals surface area contributed by atoms with Gasteiger partial charge in [0.2, 0.25) is 10.0 Å². The average Bonchev–Trinajstić information content (AvgIpc) is 2.93. The molecule has 0 amide bonds. The highest BCUT2D eigenvalue weighted by atomic mass is 32.2. The minimum atomic E-state index is -3.49. The summed E-state index contributed by atoms with van der Waals surface area (Å²) in [6.45, 7) is 3.87. The molecule has 2 rings (SSSR count). The first-order valence-electron chi connectivity index (χ1n) is 7.17. The van der Waals surface area contributed by atoms with Gasteiger partial charge in [0.05, 0.1) is 17.8 Å². The van der Waals surface area contributed by atoms with Crippen molar-refractivity contribution in [1.82, 2.24) is 10.0 Å². The Morgan fingerprint density at radius 2 is 2.10 bits per heavy atom. The van der Waals surface area contributed by atoms with Gasteiger partial charge in [0, 0.05) is 26.7 Å². The van der Waals surface area contributed by atoms with Crippen molar-refractivity contribution in [2.45, 2.75) is 30.4 Å². The van der Waals surface area contributed by atoms with E-state index in [1.54, 1.807) is 25.3 Å². The molecule has 1 aliphatic heterocycles. The topological polar surface area (TPSA) is 79.5 Å². The summed E-state index contributed by atoms with van der Waals surface area (Å²) in [4.78, 5) is 0.278. The highest BCUT2D eigenvalue weighted by molar-refractivity contribution is 7.89. The number of nitrogens with one attached hydrogen (secondary N) is 3. The first-order valence-corrected chi connectivity index (χ1v) is 8.65. The summed E-state index contributed by atoms with van der Waals surface area (Å²) in [5, 5.41) is 6.52. The molecule has 2 atom stereocenters. The van der Waals surface area contributed by atoms with Gasteiger partial charge >= 0.3 is 0 Å². The van der Waals surface area contributed by atoms with Crippen LogP contribution in [0.15, 0.2) is 29.2 Å². The van der Waals surface area contributed by atoms with Crippen LogP contribution < -0.4 is 15.4 Å². The minimum Gasteiger partial charge on any atom is -0.378 e. The third-order valence-corrected chi connectivity index (χ3v) is 5.04. The molecule has 1 heterocycles. The second-order valence-corrected chi connectivity index (χ2v) is 6.81. The maximum absolute atomic E-state index is 12.3. The largest absolute Gasteiger partial charge is 0.378 e. The SMILES string of the molecule is CCCNS(=O)(=O)c1ccccc1NC1CNC[C@@H]1OC. The lowest BCUT2D eigenvalue weighted by atomic mass is 10.2. The Hall–Kier alpha value is -1.15. The van der Waals surface area contributed by atoms with E-state index in [2.05, 4.69) is 15.4 Å². The smallest absolute Gasteiger partial charge is 0.242 e. The number of hydrogen-bond acceptors (Lipinski definition) is 5. The van der Waals surface area contributed by atoms with Gasteiger partial charge in [-0.15, -0.1) is 0 Å². The van der Waals surface area contributed by atoms with E-state index in [-0.39, 0.29) is 17.0 Å².